The Bertz CT molecular complexity index is 1070. The molecule has 0 radical (unpaired) electrons. The molecule has 0 saturated heterocycles. The molecule has 0 saturated carbocycles. The van der Waals surface area contributed by atoms with E-state index < -0.39 is 10.0 Å². The van der Waals surface area contributed by atoms with E-state index in [-0.39, 0.29) is 10.8 Å². The van der Waals surface area contributed by atoms with Gasteiger partial charge in [0, 0.05) is 25.3 Å². The summed E-state index contributed by atoms with van der Waals surface area (Å²) < 4.78 is 25.7. The summed E-state index contributed by atoms with van der Waals surface area (Å²) in [6.07, 6.45) is 0. The molecular formula is C19H19N3O3S2. The Hall–Kier alpha value is -2.55. The molecule has 1 amide bonds. The number of carbonyl (C=O) groups is 1. The molecule has 0 aliphatic heterocycles. The quantitative estimate of drug-likeness (QED) is 0.708. The molecule has 0 fully saturated rings. The lowest BCUT2D eigenvalue weighted by Crippen LogP contribution is -2.22. The van der Waals surface area contributed by atoms with Gasteiger partial charge in [0.1, 0.15) is 4.88 Å². The fourth-order valence-electron chi connectivity index (χ4n) is 2.51. The van der Waals surface area contributed by atoms with Crippen LogP contribution in [-0.4, -0.2) is 37.7 Å². The Morgan fingerprint density at radius 1 is 1.07 bits per heavy atom. The Morgan fingerprint density at radius 3 is 2.44 bits per heavy atom. The van der Waals surface area contributed by atoms with Gasteiger partial charge in [-0.25, -0.2) is 17.7 Å². The molecule has 27 heavy (non-hydrogen) atoms. The van der Waals surface area contributed by atoms with E-state index in [4.69, 9.17) is 0 Å². The van der Waals surface area contributed by atoms with Gasteiger partial charge >= 0.3 is 0 Å². The van der Waals surface area contributed by atoms with Gasteiger partial charge in [0.05, 0.1) is 15.6 Å². The van der Waals surface area contributed by atoms with Gasteiger partial charge in [-0.15, -0.1) is 11.3 Å². The minimum Gasteiger partial charge on any atom is -0.321 e. The van der Waals surface area contributed by atoms with E-state index in [9.17, 15) is 13.2 Å². The number of carbonyl (C=O) groups excluding carboxylic acids is 1. The molecule has 3 rings (SSSR count). The minimum absolute atomic E-state index is 0.120. The van der Waals surface area contributed by atoms with Gasteiger partial charge in [-0.2, -0.15) is 0 Å². The highest BCUT2D eigenvalue weighted by Gasteiger charge is 2.20. The molecule has 0 atom stereocenters. The van der Waals surface area contributed by atoms with Crippen LogP contribution in [0.3, 0.4) is 0 Å². The first-order chi connectivity index (χ1) is 12.8. The summed E-state index contributed by atoms with van der Waals surface area (Å²) >= 11 is 1.30. The highest BCUT2D eigenvalue weighted by Crippen LogP contribution is 2.29. The number of benzene rings is 2. The average molecular weight is 402 g/mol. The molecule has 0 unspecified atom stereocenters. The van der Waals surface area contributed by atoms with Crippen molar-refractivity contribution in [2.24, 2.45) is 0 Å². The summed E-state index contributed by atoms with van der Waals surface area (Å²) in [7, 11) is -0.644. The number of hydrogen-bond acceptors (Lipinski definition) is 5. The number of sulfonamides is 1. The standard InChI is InChI=1S/C19H19N3O3S2/c1-13-20-17(14-8-5-4-6-9-14)18(26-13)19(23)21-15-10-7-11-16(12-15)27(24,25)22(2)3/h4-12H,1-3H3,(H,21,23). The van der Waals surface area contributed by atoms with Crippen LogP contribution >= 0.6 is 11.3 Å². The second-order valence-electron chi connectivity index (χ2n) is 6.05. The summed E-state index contributed by atoms with van der Waals surface area (Å²) in [5, 5.41) is 3.56. The predicted molar refractivity (Wildman–Crippen MR) is 108 cm³/mol. The van der Waals surface area contributed by atoms with E-state index in [2.05, 4.69) is 10.3 Å². The smallest absolute Gasteiger partial charge is 0.268 e. The van der Waals surface area contributed by atoms with Gasteiger partial charge in [-0.1, -0.05) is 36.4 Å². The van der Waals surface area contributed by atoms with Crippen LogP contribution < -0.4 is 5.32 Å². The number of nitrogens with one attached hydrogen (secondary N) is 1. The second kappa shape index (κ2) is 7.59. The number of aromatic nitrogens is 1. The van der Waals surface area contributed by atoms with E-state index >= 15 is 0 Å². The van der Waals surface area contributed by atoms with Gasteiger partial charge < -0.3 is 5.32 Å². The number of anilines is 1. The molecule has 0 spiro atoms. The van der Waals surface area contributed by atoms with Crippen LogP contribution in [0.15, 0.2) is 59.5 Å². The van der Waals surface area contributed by atoms with Crippen molar-refractivity contribution < 1.29 is 13.2 Å². The number of rotatable bonds is 5. The van der Waals surface area contributed by atoms with E-state index in [0.29, 0.717) is 16.3 Å². The highest BCUT2D eigenvalue weighted by molar-refractivity contribution is 7.89. The molecule has 2 aromatic carbocycles. The monoisotopic (exact) mass is 401 g/mol. The summed E-state index contributed by atoms with van der Waals surface area (Å²) in [6.45, 7) is 1.85. The van der Waals surface area contributed by atoms with Crippen molar-refractivity contribution in [3.8, 4) is 11.3 Å². The molecular weight excluding hydrogens is 382 g/mol. The minimum atomic E-state index is -3.57. The van der Waals surface area contributed by atoms with Crippen molar-refractivity contribution in [3.63, 3.8) is 0 Å². The lowest BCUT2D eigenvalue weighted by molar-refractivity contribution is 0.103. The SMILES string of the molecule is Cc1nc(-c2ccccc2)c(C(=O)Nc2cccc(S(=O)(=O)N(C)C)c2)s1. The van der Waals surface area contributed by atoms with Gasteiger partial charge in [0.2, 0.25) is 10.0 Å². The molecule has 1 aromatic heterocycles. The van der Waals surface area contributed by atoms with Crippen molar-refractivity contribution >= 4 is 33.0 Å². The number of aryl methyl sites for hydroxylation is 1. The van der Waals surface area contributed by atoms with Gasteiger partial charge in [-0.05, 0) is 25.1 Å². The molecule has 0 bridgehead atoms. The number of amides is 1. The van der Waals surface area contributed by atoms with E-state index in [1.807, 2.05) is 37.3 Å². The molecule has 0 aliphatic carbocycles. The normalized spacial score (nSPS) is 11.6. The van der Waals surface area contributed by atoms with Crippen LogP contribution in [0.4, 0.5) is 5.69 Å². The maximum absolute atomic E-state index is 12.8. The van der Waals surface area contributed by atoms with Crippen molar-refractivity contribution in [3.05, 3.63) is 64.5 Å². The Kier molecular flexibility index (Phi) is 5.41. The first-order valence-electron chi connectivity index (χ1n) is 8.16. The van der Waals surface area contributed by atoms with E-state index in [1.165, 1.54) is 37.6 Å². The highest BCUT2D eigenvalue weighted by atomic mass is 32.2. The molecule has 140 valence electrons. The summed E-state index contributed by atoms with van der Waals surface area (Å²) in [6, 6.07) is 15.7. The Balaban J connectivity index is 1.92. The average Bonchev–Trinajstić information content (AvgIpc) is 3.04. The fourth-order valence-corrected chi connectivity index (χ4v) is 4.29. The molecule has 0 aliphatic rings. The Morgan fingerprint density at radius 2 is 1.78 bits per heavy atom. The molecule has 1 heterocycles. The Labute approximate surface area is 162 Å². The predicted octanol–water partition coefficient (Wildman–Crippen LogP) is 3.62. The van der Waals surface area contributed by atoms with Crippen LogP contribution in [0.1, 0.15) is 14.7 Å². The van der Waals surface area contributed by atoms with Crippen LogP contribution in [-0.2, 0) is 10.0 Å². The first-order valence-corrected chi connectivity index (χ1v) is 10.4. The fraction of sp³-hybridized carbons (Fsp3) is 0.158. The second-order valence-corrected chi connectivity index (χ2v) is 9.40. The number of thiazole rings is 1. The third-order valence-corrected chi connectivity index (χ3v) is 6.64. The first kappa shape index (κ1) is 19.2. The van der Waals surface area contributed by atoms with Crippen molar-refractivity contribution in [2.75, 3.05) is 19.4 Å². The zero-order chi connectivity index (χ0) is 19.6. The number of nitrogens with zero attached hydrogens (tertiary/aromatic N) is 2. The maximum atomic E-state index is 12.8. The summed E-state index contributed by atoms with van der Waals surface area (Å²) in [5.74, 6) is -0.321. The number of hydrogen-bond donors (Lipinski definition) is 1. The summed E-state index contributed by atoms with van der Waals surface area (Å²) in [4.78, 5) is 17.9. The topological polar surface area (TPSA) is 79.4 Å². The maximum Gasteiger partial charge on any atom is 0.268 e. The van der Waals surface area contributed by atoms with Gasteiger partial charge in [0.25, 0.3) is 5.91 Å². The molecule has 8 heteroatoms. The van der Waals surface area contributed by atoms with Crippen LogP contribution in [0.25, 0.3) is 11.3 Å². The largest absolute Gasteiger partial charge is 0.321 e. The lowest BCUT2D eigenvalue weighted by Gasteiger charge is -2.12. The molecule has 3 aromatic rings. The van der Waals surface area contributed by atoms with Crippen molar-refractivity contribution in [1.29, 1.82) is 0 Å². The third-order valence-electron chi connectivity index (χ3n) is 3.86. The van der Waals surface area contributed by atoms with Crippen molar-refractivity contribution in [2.45, 2.75) is 11.8 Å². The van der Waals surface area contributed by atoms with Gasteiger partial charge in [0.15, 0.2) is 0 Å². The van der Waals surface area contributed by atoms with E-state index in [1.54, 1.807) is 12.1 Å². The van der Waals surface area contributed by atoms with E-state index in [0.717, 1.165) is 14.9 Å². The van der Waals surface area contributed by atoms with Crippen LogP contribution in [0.5, 0.6) is 0 Å². The summed E-state index contributed by atoms with van der Waals surface area (Å²) in [5.41, 5.74) is 1.89. The molecule has 1 N–H and O–H groups in total. The zero-order valence-electron chi connectivity index (χ0n) is 15.1. The molecule has 6 nitrogen and oxygen atoms in total. The van der Waals surface area contributed by atoms with Crippen LogP contribution in [0, 0.1) is 6.92 Å². The van der Waals surface area contributed by atoms with Crippen molar-refractivity contribution in [1.82, 2.24) is 9.29 Å². The lowest BCUT2D eigenvalue weighted by atomic mass is 10.1. The zero-order valence-corrected chi connectivity index (χ0v) is 16.8. The van der Waals surface area contributed by atoms with Crippen LogP contribution in [0.2, 0.25) is 0 Å². The van der Waals surface area contributed by atoms with Gasteiger partial charge in [-0.3, -0.25) is 4.79 Å². The third kappa shape index (κ3) is 4.08.